The number of benzene rings is 1. The number of hydrogen-bond donors (Lipinski definition) is 0. The molecule has 1 heterocycles. The van der Waals surface area contributed by atoms with Crippen molar-refractivity contribution in [2.24, 2.45) is 0 Å². The van der Waals surface area contributed by atoms with Gasteiger partial charge >= 0.3 is 0 Å². The Balaban J connectivity index is 0.00000123. The number of hydrogen-bond acceptors (Lipinski definition) is 1. The Morgan fingerprint density at radius 1 is 1.25 bits per heavy atom. The number of rotatable bonds is 6. The monoisotopic (exact) mass is 343 g/mol. The van der Waals surface area contributed by atoms with E-state index in [0.717, 1.165) is 25.1 Å². The van der Waals surface area contributed by atoms with Crippen molar-refractivity contribution >= 4 is 15.3 Å². The van der Waals surface area contributed by atoms with Crippen molar-refractivity contribution in [1.29, 1.82) is 0 Å². The zero-order valence-corrected chi connectivity index (χ0v) is 16.9. The van der Waals surface area contributed by atoms with Gasteiger partial charge in [0.15, 0.2) is 0 Å². The number of allylic oxidation sites excluding steroid dienone is 2. The molecule has 0 saturated heterocycles. The highest BCUT2D eigenvalue weighted by atomic mass is 31.0. The lowest BCUT2D eigenvalue weighted by Gasteiger charge is -2.07. The maximum atomic E-state index is 4.27. The van der Waals surface area contributed by atoms with Crippen molar-refractivity contribution in [3.8, 4) is 0 Å². The van der Waals surface area contributed by atoms with E-state index in [9.17, 15) is 0 Å². The van der Waals surface area contributed by atoms with E-state index in [4.69, 9.17) is 0 Å². The molecular weight excluding hydrogens is 311 g/mol. The lowest BCUT2D eigenvalue weighted by molar-refractivity contribution is 0.795. The zero-order chi connectivity index (χ0) is 18.4. The fourth-order valence-electron chi connectivity index (χ4n) is 2.21. The number of aryl methyl sites for hydroxylation is 1. The van der Waals surface area contributed by atoms with Gasteiger partial charge in [-0.3, -0.25) is 0 Å². The summed E-state index contributed by atoms with van der Waals surface area (Å²) >= 11 is 0. The van der Waals surface area contributed by atoms with Crippen LogP contribution in [0, 0.1) is 6.92 Å². The second kappa shape index (κ2) is 13.5. The molecule has 0 saturated carbocycles. The normalized spacial score (nSPS) is 9.79. The fraction of sp³-hybridized carbons (Fsp3) is 0.286. The molecule has 3 heteroatoms. The highest BCUT2D eigenvalue weighted by Gasteiger charge is 2.01. The molecule has 130 valence electrons. The number of nitrogens with zero attached hydrogens (tertiary/aromatic N) is 2. The van der Waals surface area contributed by atoms with Crippen LogP contribution in [0.1, 0.15) is 36.6 Å². The fourth-order valence-corrected chi connectivity index (χ4v) is 2.21. The second-order valence-electron chi connectivity index (χ2n) is 5.13. The van der Waals surface area contributed by atoms with E-state index in [1.807, 2.05) is 29.2 Å². The highest BCUT2D eigenvalue weighted by molar-refractivity contribution is 7.15. The summed E-state index contributed by atoms with van der Waals surface area (Å²) in [7, 11) is 1.86. The lowest BCUT2D eigenvalue weighted by atomic mass is 10.0. The molecule has 0 N–H and O–H groups in total. The van der Waals surface area contributed by atoms with E-state index in [0.29, 0.717) is 0 Å². The first kappa shape index (κ1) is 22.1. The maximum Gasteiger partial charge on any atom is 0.0952 e. The maximum absolute atomic E-state index is 4.27. The Morgan fingerprint density at radius 3 is 2.50 bits per heavy atom. The number of imidazole rings is 1. The first-order valence-corrected chi connectivity index (χ1v) is 9.73. The predicted molar refractivity (Wildman–Crippen MR) is 114 cm³/mol. The first-order chi connectivity index (χ1) is 11.7. The minimum Gasteiger partial charge on any atom is -0.333 e. The van der Waals surface area contributed by atoms with Crippen LogP contribution in [0.5, 0.6) is 0 Å². The second-order valence-corrected chi connectivity index (χ2v) is 5.13. The minimum absolute atomic E-state index is 0.849. The van der Waals surface area contributed by atoms with Crippen molar-refractivity contribution < 1.29 is 0 Å². The summed E-state index contributed by atoms with van der Waals surface area (Å²) in [5.74, 6) is 0. The summed E-state index contributed by atoms with van der Waals surface area (Å²) in [6.45, 7) is 17.1. The molecule has 0 aliphatic heterocycles. The quantitative estimate of drug-likeness (QED) is 0.377. The van der Waals surface area contributed by atoms with Crippen LogP contribution < -0.4 is 0 Å². The van der Waals surface area contributed by atoms with Gasteiger partial charge in [-0.05, 0) is 33.7 Å². The van der Waals surface area contributed by atoms with Gasteiger partial charge < -0.3 is 4.57 Å². The van der Waals surface area contributed by atoms with Crippen LogP contribution in [-0.2, 0) is 6.54 Å². The highest BCUT2D eigenvalue weighted by Crippen LogP contribution is 2.15. The molecule has 0 amide bonds. The lowest BCUT2D eigenvalue weighted by Crippen LogP contribution is -1.98. The van der Waals surface area contributed by atoms with E-state index in [1.54, 1.807) is 0 Å². The summed E-state index contributed by atoms with van der Waals surface area (Å²) in [4.78, 5) is 4.27. The van der Waals surface area contributed by atoms with Crippen molar-refractivity contribution in [1.82, 2.24) is 9.55 Å². The summed E-state index contributed by atoms with van der Waals surface area (Å²) < 4.78 is 2.11. The van der Waals surface area contributed by atoms with Gasteiger partial charge in [-0.1, -0.05) is 61.9 Å². The molecule has 2 aromatic rings. The van der Waals surface area contributed by atoms with Gasteiger partial charge in [-0.25, -0.2) is 4.98 Å². The third kappa shape index (κ3) is 8.08. The number of aromatic nitrogens is 2. The summed E-state index contributed by atoms with van der Waals surface area (Å²) in [6, 6.07) is 8.47. The van der Waals surface area contributed by atoms with Gasteiger partial charge in [0.1, 0.15) is 0 Å². The third-order valence-electron chi connectivity index (χ3n) is 3.24. The molecule has 1 aromatic heterocycles. The van der Waals surface area contributed by atoms with Crippen molar-refractivity contribution in [2.75, 3.05) is 6.66 Å². The van der Waals surface area contributed by atoms with Gasteiger partial charge in [0, 0.05) is 19.4 Å². The average molecular weight is 343 g/mol. The van der Waals surface area contributed by atoms with E-state index >= 15 is 0 Å². The van der Waals surface area contributed by atoms with Crippen molar-refractivity contribution in [2.45, 2.75) is 33.2 Å². The molecular formula is C21H32N2P+. The predicted octanol–water partition coefficient (Wildman–Crippen LogP) is 5.64. The summed E-state index contributed by atoms with van der Waals surface area (Å²) in [6.07, 6.45) is 10.4. The van der Waals surface area contributed by atoms with Crippen LogP contribution >= 0.6 is 9.24 Å². The Kier molecular flexibility index (Phi) is 12.4. The van der Waals surface area contributed by atoms with Crippen LogP contribution in [0.2, 0.25) is 0 Å². The average Bonchev–Trinajstić information content (AvgIpc) is 3.03. The Hall–Kier alpha value is -1.92. The van der Waals surface area contributed by atoms with Crippen molar-refractivity contribution in [3.05, 3.63) is 85.0 Å². The van der Waals surface area contributed by atoms with Gasteiger partial charge in [-0.15, -0.1) is 13.2 Å². The van der Waals surface area contributed by atoms with E-state index in [1.165, 1.54) is 16.7 Å². The topological polar surface area (TPSA) is 17.8 Å². The van der Waals surface area contributed by atoms with Gasteiger partial charge in [0.2, 0.25) is 0 Å². The smallest absolute Gasteiger partial charge is 0.0952 e. The molecule has 0 radical (unpaired) electrons. The van der Waals surface area contributed by atoms with Gasteiger partial charge in [-0.2, -0.15) is 0 Å². The van der Waals surface area contributed by atoms with E-state index in [-0.39, 0.29) is 0 Å². The largest absolute Gasteiger partial charge is 0.333 e. The summed E-state index contributed by atoms with van der Waals surface area (Å²) in [5.41, 5.74) is 4.77. The molecule has 0 bridgehead atoms. The van der Waals surface area contributed by atoms with E-state index < -0.39 is 0 Å². The molecule has 0 fully saturated rings. The summed E-state index contributed by atoms with van der Waals surface area (Å²) in [5, 5.41) is 0. The molecule has 2 rings (SSSR count). The molecule has 2 nitrogen and oxygen atoms in total. The van der Waals surface area contributed by atoms with Crippen LogP contribution in [0.3, 0.4) is 0 Å². The molecule has 24 heavy (non-hydrogen) atoms. The minimum atomic E-state index is 0.849. The standard InChI is InChI=1S/C18H22N2.C2H4.CH5P/c1-4-7-15(2)10-11-17-8-5-6-9-18(17)13-20-12-16(3)19-14-20;2*1-2/h5-6,8-12,14H,2,4,7,13H2,1,3H3;1-2H2;2H2,1H3/p+1/b11-10+;;. The molecule has 1 atom stereocenters. The van der Waals surface area contributed by atoms with Crippen LogP contribution in [0.15, 0.2) is 68.2 Å². The van der Waals surface area contributed by atoms with Crippen molar-refractivity contribution in [3.63, 3.8) is 0 Å². The molecule has 1 aromatic carbocycles. The Morgan fingerprint density at radius 2 is 1.92 bits per heavy atom. The SMILES string of the molecule is C=C.C=C(/C=C/c1ccccc1Cn1cnc(C)c1)CCC.C[PH3+]. The molecule has 0 spiro atoms. The Bertz CT molecular complexity index is 626. The third-order valence-corrected chi connectivity index (χ3v) is 3.24. The molecule has 1 unspecified atom stereocenters. The van der Waals surface area contributed by atoms with E-state index in [2.05, 4.69) is 78.8 Å². The van der Waals surface area contributed by atoms with Crippen LogP contribution in [-0.4, -0.2) is 16.2 Å². The zero-order valence-electron chi connectivity index (χ0n) is 15.5. The molecule has 0 aliphatic rings. The van der Waals surface area contributed by atoms with Crippen LogP contribution in [0.4, 0.5) is 0 Å². The Labute approximate surface area is 150 Å². The van der Waals surface area contributed by atoms with Gasteiger partial charge in [0.25, 0.3) is 0 Å². The van der Waals surface area contributed by atoms with Crippen LogP contribution in [0.25, 0.3) is 6.08 Å². The molecule has 0 aliphatic carbocycles. The first-order valence-electron chi connectivity index (χ1n) is 8.32. The van der Waals surface area contributed by atoms with Gasteiger partial charge in [0.05, 0.1) is 12.0 Å².